The van der Waals surface area contributed by atoms with Gasteiger partial charge in [-0.05, 0) is 25.5 Å². The number of rotatable bonds is 10. The van der Waals surface area contributed by atoms with Crippen LogP contribution < -0.4 is 30.3 Å². The number of aromatic nitrogens is 6. The van der Waals surface area contributed by atoms with E-state index in [0.717, 1.165) is 39.0 Å². The van der Waals surface area contributed by atoms with Crippen LogP contribution >= 0.6 is 11.3 Å². The lowest BCUT2D eigenvalue weighted by atomic mass is 10.2. The topological polar surface area (TPSA) is 288 Å². The van der Waals surface area contributed by atoms with Gasteiger partial charge in [0.2, 0.25) is 0 Å². The van der Waals surface area contributed by atoms with Crippen LogP contribution in [0.2, 0.25) is 0 Å². The molecule has 51 heavy (non-hydrogen) atoms. The first kappa shape index (κ1) is 39.6. The number of sulfonamides is 2. The molecular weight excluding hydrogens is 745 g/mol. The number of thiophene rings is 1. The van der Waals surface area contributed by atoms with Crippen molar-refractivity contribution in [3.05, 3.63) is 66.6 Å². The zero-order valence-electron chi connectivity index (χ0n) is 27.5. The van der Waals surface area contributed by atoms with Crippen LogP contribution in [0.15, 0.2) is 49.0 Å². The molecule has 0 unspecified atom stereocenters. The fourth-order valence-electron chi connectivity index (χ4n) is 3.93. The Balaban J connectivity index is 0.000000277. The summed E-state index contributed by atoms with van der Waals surface area (Å²) < 4.78 is 69.9. The van der Waals surface area contributed by atoms with Crippen LogP contribution in [-0.4, -0.2) is 95.5 Å². The highest BCUT2D eigenvalue weighted by atomic mass is 32.2. The van der Waals surface area contributed by atoms with E-state index in [1.54, 1.807) is 9.44 Å². The van der Waals surface area contributed by atoms with Crippen LogP contribution in [-0.2, 0) is 38.9 Å². The van der Waals surface area contributed by atoms with Gasteiger partial charge in [-0.15, -0.1) is 30.9 Å². The van der Waals surface area contributed by atoms with Gasteiger partial charge in [-0.2, -0.15) is 0 Å². The number of carbonyl (C=O) groups is 4. The molecule has 0 atom stereocenters. The predicted molar refractivity (Wildman–Crippen MR) is 173 cm³/mol. The molecule has 3 N–H and O–H groups in total. The Kier molecular flexibility index (Phi) is 12.3. The molecule has 3 heterocycles. The van der Waals surface area contributed by atoms with Crippen molar-refractivity contribution in [2.24, 2.45) is 14.1 Å². The SMILES string of the molecule is CCCOc1nn(C(=O)NS(=O)(=O)c2ccccc2C(=O)OC)c(=O)n1C.COc1nn(C(=O)NS(=O)(=O)c2c(C(=O)O)csc2C)c(=O)n1C. The first-order chi connectivity index (χ1) is 23.8. The summed E-state index contributed by atoms with van der Waals surface area (Å²) in [6, 6.07) is 2.15. The molecular formula is C26H30N8O14S3. The van der Waals surface area contributed by atoms with Gasteiger partial charge in [0, 0.05) is 24.4 Å². The van der Waals surface area contributed by atoms with E-state index in [9.17, 15) is 45.6 Å². The Hall–Kier alpha value is -5.82. The van der Waals surface area contributed by atoms with Gasteiger partial charge in [-0.25, -0.2) is 64.2 Å². The number of amides is 2. The minimum atomic E-state index is -4.52. The van der Waals surface area contributed by atoms with E-state index in [1.807, 2.05) is 6.92 Å². The summed E-state index contributed by atoms with van der Waals surface area (Å²) in [4.78, 5) is 70.3. The average Bonchev–Trinajstić information content (AvgIpc) is 3.72. The average molecular weight is 775 g/mol. The van der Waals surface area contributed by atoms with Gasteiger partial charge in [-0.3, -0.25) is 0 Å². The number of aromatic carboxylic acids is 1. The number of hydrogen-bond donors (Lipinski definition) is 3. The molecule has 0 aliphatic rings. The Morgan fingerprint density at radius 3 is 1.90 bits per heavy atom. The van der Waals surface area contributed by atoms with Crippen LogP contribution in [0.25, 0.3) is 0 Å². The summed E-state index contributed by atoms with van der Waals surface area (Å²) in [5.74, 6) is -2.35. The summed E-state index contributed by atoms with van der Waals surface area (Å²) in [7, 11) is -4.09. The van der Waals surface area contributed by atoms with E-state index < -0.39 is 70.8 Å². The number of nitrogens with zero attached hydrogens (tertiary/aromatic N) is 6. The van der Waals surface area contributed by atoms with Gasteiger partial charge < -0.3 is 19.3 Å². The minimum absolute atomic E-state index is 0.135. The van der Waals surface area contributed by atoms with E-state index in [1.165, 1.54) is 46.3 Å². The Morgan fingerprint density at radius 1 is 0.863 bits per heavy atom. The number of carboxylic acids is 1. The molecule has 4 rings (SSSR count). The first-order valence-corrected chi connectivity index (χ1v) is 17.8. The lowest BCUT2D eigenvalue weighted by Gasteiger charge is -2.09. The van der Waals surface area contributed by atoms with Crippen molar-refractivity contribution in [3.8, 4) is 12.0 Å². The molecule has 0 fully saturated rings. The van der Waals surface area contributed by atoms with Gasteiger partial charge in [0.1, 0.15) is 9.79 Å². The fraction of sp³-hybridized carbons (Fsp3) is 0.308. The second kappa shape index (κ2) is 15.8. The van der Waals surface area contributed by atoms with Gasteiger partial charge in [0.05, 0.1) is 32.0 Å². The van der Waals surface area contributed by atoms with Crippen LogP contribution in [0, 0.1) is 6.92 Å². The molecule has 25 heteroatoms. The van der Waals surface area contributed by atoms with Crippen molar-refractivity contribution in [1.29, 1.82) is 0 Å². The lowest BCUT2D eigenvalue weighted by molar-refractivity contribution is 0.0595. The molecule has 0 aliphatic heterocycles. The number of methoxy groups -OCH3 is 2. The quantitative estimate of drug-likeness (QED) is 0.174. The third kappa shape index (κ3) is 8.50. The summed E-state index contributed by atoms with van der Waals surface area (Å²) in [6.07, 6.45) is 0.645. The third-order valence-electron chi connectivity index (χ3n) is 6.33. The highest BCUT2D eigenvalue weighted by Gasteiger charge is 2.30. The fourth-order valence-corrected chi connectivity index (χ4v) is 7.56. The maximum Gasteiger partial charge on any atom is 0.360 e. The molecule has 3 aromatic heterocycles. The van der Waals surface area contributed by atoms with Crippen molar-refractivity contribution in [2.45, 2.75) is 30.1 Å². The molecule has 0 bridgehead atoms. The number of carboxylic acid groups (broad SMARTS) is 1. The molecule has 276 valence electrons. The zero-order valence-corrected chi connectivity index (χ0v) is 29.9. The number of nitrogens with one attached hydrogen (secondary N) is 2. The number of esters is 1. The van der Waals surface area contributed by atoms with Gasteiger partial charge in [0.25, 0.3) is 20.0 Å². The van der Waals surface area contributed by atoms with Crippen molar-refractivity contribution in [1.82, 2.24) is 38.1 Å². The molecule has 1 aromatic carbocycles. The maximum absolute atomic E-state index is 12.5. The number of benzene rings is 1. The highest BCUT2D eigenvalue weighted by Crippen LogP contribution is 2.26. The largest absolute Gasteiger partial charge is 0.478 e. The molecule has 0 spiro atoms. The summed E-state index contributed by atoms with van der Waals surface area (Å²) in [5.41, 5.74) is -2.56. The van der Waals surface area contributed by atoms with Crippen molar-refractivity contribution in [3.63, 3.8) is 0 Å². The number of hydrogen-bond acceptors (Lipinski definition) is 16. The van der Waals surface area contributed by atoms with Crippen LogP contribution in [0.1, 0.15) is 38.9 Å². The maximum atomic E-state index is 12.5. The van der Waals surface area contributed by atoms with Crippen molar-refractivity contribution >= 4 is 55.4 Å². The van der Waals surface area contributed by atoms with Gasteiger partial charge in [-0.1, -0.05) is 19.1 Å². The second-order valence-electron chi connectivity index (χ2n) is 9.77. The van der Waals surface area contributed by atoms with E-state index in [2.05, 4.69) is 14.9 Å². The van der Waals surface area contributed by atoms with E-state index >= 15 is 0 Å². The van der Waals surface area contributed by atoms with Crippen molar-refractivity contribution < 1.29 is 55.3 Å². The number of ether oxygens (including phenoxy) is 3. The third-order valence-corrected chi connectivity index (χ3v) is 10.3. The monoisotopic (exact) mass is 774 g/mol. The molecule has 4 aromatic rings. The Labute approximate surface area is 291 Å². The highest BCUT2D eigenvalue weighted by molar-refractivity contribution is 7.90. The predicted octanol–water partition coefficient (Wildman–Crippen LogP) is -0.291. The molecule has 0 saturated carbocycles. The van der Waals surface area contributed by atoms with E-state index in [4.69, 9.17) is 14.6 Å². The molecule has 0 saturated heterocycles. The van der Waals surface area contributed by atoms with Crippen LogP contribution in [0.4, 0.5) is 9.59 Å². The Morgan fingerprint density at radius 2 is 1.39 bits per heavy atom. The van der Waals surface area contributed by atoms with E-state index in [0.29, 0.717) is 11.1 Å². The summed E-state index contributed by atoms with van der Waals surface area (Å²) in [6.45, 7) is 3.50. The smallest absolute Gasteiger partial charge is 0.360 e. The zero-order chi connectivity index (χ0) is 38.4. The number of aryl methyl sites for hydroxylation is 1. The normalized spacial score (nSPS) is 11.2. The second-order valence-corrected chi connectivity index (χ2v) is 14.1. The number of carbonyl (C=O) groups excluding carboxylic acids is 3. The molecule has 0 aliphatic carbocycles. The van der Waals surface area contributed by atoms with Crippen LogP contribution in [0.5, 0.6) is 12.0 Å². The molecule has 0 radical (unpaired) electrons. The lowest BCUT2D eigenvalue weighted by Crippen LogP contribution is -2.40. The standard InChI is InChI=1S/C15H18N4O7S.C11H12N4O7S2/c1-4-9-26-14-16-19(15(22)18(14)2)13(21)17-27(23,24)11-8-6-5-7-10(11)12(20)25-3;1-5-7(6(4-23-5)8(16)17)24(20,21)13-9(18)15-11(19)14(2)10(12-15)22-3/h5-8H,4,9H2,1-3H3,(H,17,21);4H,1-3H3,(H,13,18)(H,16,17). The van der Waals surface area contributed by atoms with Crippen LogP contribution in [0.3, 0.4) is 0 Å². The van der Waals surface area contributed by atoms with Gasteiger partial charge in [0.15, 0.2) is 0 Å². The summed E-state index contributed by atoms with van der Waals surface area (Å²) in [5, 5.41) is 17.4. The van der Waals surface area contributed by atoms with Gasteiger partial charge >= 0.3 is 47.4 Å². The van der Waals surface area contributed by atoms with E-state index in [-0.39, 0.29) is 33.8 Å². The Bertz CT molecular complexity index is 2330. The molecule has 22 nitrogen and oxygen atoms in total. The molecule has 2 amide bonds. The van der Waals surface area contributed by atoms with Crippen molar-refractivity contribution in [2.75, 3.05) is 20.8 Å². The summed E-state index contributed by atoms with van der Waals surface area (Å²) >= 11 is 0.903. The minimum Gasteiger partial charge on any atom is -0.478 e. The first-order valence-electron chi connectivity index (χ1n) is 13.9.